The van der Waals surface area contributed by atoms with E-state index in [1.54, 1.807) is 6.07 Å². The van der Waals surface area contributed by atoms with Crippen LogP contribution in [0.1, 0.15) is 10.4 Å². The molecule has 0 aliphatic carbocycles. The fourth-order valence-corrected chi connectivity index (χ4v) is 1.09. The summed E-state index contributed by atoms with van der Waals surface area (Å²) in [6.07, 6.45) is 5.51. The number of nitrogens with zero attached hydrogens (tertiary/aromatic N) is 4. The summed E-state index contributed by atoms with van der Waals surface area (Å²) >= 11 is 5.56. The van der Waals surface area contributed by atoms with Crippen molar-refractivity contribution in [1.82, 2.24) is 20.2 Å². The number of carbonyl (C=O) groups excluding carboxylic acids is 1. The highest BCUT2D eigenvalue weighted by molar-refractivity contribution is 6.29. The van der Waals surface area contributed by atoms with Gasteiger partial charge in [0, 0.05) is 0 Å². The quantitative estimate of drug-likeness (QED) is 0.845. The Balaban J connectivity index is 2.11. The number of carbonyl (C=O) groups is 1. The van der Waals surface area contributed by atoms with Crippen molar-refractivity contribution >= 4 is 23.3 Å². The molecule has 6 nitrogen and oxygen atoms in total. The lowest BCUT2D eigenvalue weighted by atomic mass is 10.3. The largest absolute Gasteiger partial charge is 0.305 e. The molecular formula is C9H6ClN5O. The normalized spacial score (nSPS) is 9.81. The monoisotopic (exact) mass is 235 g/mol. The molecule has 2 rings (SSSR count). The van der Waals surface area contributed by atoms with Gasteiger partial charge in [-0.25, -0.2) is 9.97 Å². The van der Waals surface area contributed by atoms with E-state index in [0.717, 1.165) is 0 Å². The first-order chi connectivity index (χ1) is 7.75. The Kier molecular flexibility index (Phi) is 3.02. The van der Waals surface area contributed by atoms with Crippen LogP contribution in [-0.2, 0) is 0 Å². The van der Waals surface area contributed by atoms with Gasteiger partial charge in [-0.05, 0) is 6.07 Å². The summed E-state index contributed by atoms with van der Waals surface area (Å²) in [5.41, 5.74) is 0.395. The SMILES string of the molecule is O=C(Nc1cnc(Cl)cn1)c1ccnnc1. The minimum atomic E-state index is -0.327. The molecule has 2 heterocycles. The van der Waals surface area contributed by atoms with E-state index in [0.29, 0.717) is 11.4 Å². The number of nitrogens with one attached hydrogen (secondary N) is 1. The predicted molar refractivity (Wildman–Crippen MR) is 57.0 cm³/mol. The number of amides is 1. The molecule has 0 fully saturated rings. The summed E-state index contributed by atoms with van der Waals surface area (Å²) in [5.74, 6) is -0.00210. The van der Waals surface area contributed by atoms with Crippen LogP contribution in [0, 0.1) is 0 Å². The van der Waals surface area contributed by atoms with Crippen LogP contribution >= 0.6 is 11.6 Å². The molecule has 7 heteroatoms. The van der Waals surface area contributed by atoms with Crippen LogP contribution in [0.4, 0.5) is 5.82 Å². The lowest BCUT2D eigenvalue weighted by molar-refractivity contribution is 0.102. The van der Waals surface area contributed by atoms with E-state index in [2.05, 4.69) is 25.5 Å². The Hall–Kier alpha value is -2.08. The average Bonchev–Trinajstić information content (AvgIpc) is 2.33. The van der Waals surface area contributed by atoms with E-state index >= 15 is 0 Å². The molecule has 0 aliphatic heterocycles. The van der Waals surface area contributed by atoms with Crippen molar-refractivity contribution in [3.05, 3.63) is 41.6 Å². The van der Waals surface area contributed by atoms with Gasteiger partial charge in [-0.15, -0.1) is 0 Å². The number of aromatic nitrogens is 4. The van der Waals surface area contributed by atoms with E-state index < -0.39 is 0 Å². The standard InChI is InChI=1S/C9H6ClN5O/c10-7-4-12-8(5-11-7)15-9(16)6-1-2-13-14-3-6/h1-5H,(H,12,15,16). The zero-order chi connectivity index (χ0) is 11.4. The summed E-state index contributed by atoms with van der Waals surface area (Å²) in [6, 6.07) is 1.55. The Labute approximate surface area is 95.7 Å². The Morgan fingerprint density at radius 1 is 1.19 bits per heavy atom. The number of hydrogen-bond acceptors (Lipinski definition) is 5. The van der Waals surface area contributed by atoms with Gasteiger partial charge in [0.1, 0.15) is 5.15 Å². The fraction of sp³-hybridized carbons (Fsp3) is 0. The molecule has 0 spiro atoms. The van der Waals surface area contributed by atoms with Gasteiger partial charge >= 0.3 is 0 Å². The van der Waals surface area contributed by atoms with Gasteiger partial charge < -0.3 is 5.32 Å². The Morgan fingerprint density at radius 2 is 2.06 bits per heavy atom. The number of anilines is 1. The summed E-state index contributed by atoms with van der Waals surface area (Å²) in [6.45, 7) is 0. The third-order valence-corrected chi connectivity index (χ3v) is 1.90. The topological polar surface area (TPSA) is 80.7 Å². The highest BCUT2D eigenvalue weighted by Gasteiger charge is 2.06. The van der Waals surface area contributed by atoms with Crippen molar-refractivity contribution < 1.29 is 4.79 Å². The molecule has 0 saturated heterocycles. The minimum absolute atomic E-state index is 0.267. The van der Waals surface area contributed by atoms with Crippen LogP contribution in [0.5, 0.6) is 0 Å². The fourth-order valence-electron chi connectivity index (χ4n) is 0.990. The third kappa shape index (κ3) is 2.48. The molecule has 16 heavy (non-hydrogen) atoms. The van der Waals surface area contributed by atoms with Crippen molar-refractivity contribution in [1.29, 1.82) is 0 Å². The van der Waals surface area contributed by atoms with Crippen molar-refractivity contribution in [2.75, 3.05) is 5.32 Å². The van der Waals surface area contributed by atoms with Crippen LogP contribution in [0.15, 0.2) is 30.9 Å². The maximum atomic E-state index is 11.6. The zero-order valence-electron chi connectivity index (χ0n) is 7.96. The number of halogens is 1. The van der Waals surface area contributed by atoms with E-state index in [4.69, 9.17) is 11.6 Å². The van der Waals surface area contributed by atoms with Crippen molar-refractivity contribution in [2.45, 2.75) is 0 Å². The maximum absolute atomic E-state index is 11.6. The molecule has 1 N–H and O–H groups in total. The zero-order valence-corrected chi connectivity index (χ0v) is 8.72. The summed E-state index contributed by atoms with van der Waals surface area (Å²) in [5, 5.41) is 9.98. The molecule has 0 saturated carbocycles. The summed E-state index contributed by atoms with van der Waals surface area (Å²) in [4.78, 5) is 19.3. The van der Waals surface area contributed by atoms with E-state index in [9.17, 15) is 4.79 Å². The molecule has 80 valence electrons. The van der Waals surface area contributed by atoms with Gasteiger partial charge in [0.25, 0.3) is 5.91 Å². The van der Waals surface area contributed by atoms with Gasteiger partial charge in [-0.3, -0.25) is 4.79 Å². The van der Waals surface area contributed by atoms with Gasteiger partial charge in [0.2, 0.25) is 0 Å². The molecule has 2 aromatic rings. The first-order valence-electron chi connectivity index (χ1n) is 4.31. The van der Waals surface area contributed by atoms with E-state index in [1.807, 2.05) is 0 Å². The molecular weight excluding hydrogens is 230 g/mol. The lowest BCUT2D eigenvalue weighted by Gasteiger charge is -2.02. The Bertz CT molecular complexity index is 487. The lowest BCUT2D eigenvalue weighted by Crippen LogP contribution is -2.13. The molecule has 0 atom stereocenters. The Morgan fingerprint density at radius 3 is 2.69 bits per heavy atom. The van der Waals surface area contributed by atoms with Crippen LogP contribution in [-0.4, -0.2) is 26.1 Å². The molecule has 0 radical (unpaired) electrons. The molecule has 0 unspecified atom stereocenters. The van der Waals surface area contributed by atoms with Crippen LogP contribution in [0.2, 0.25) is 5.15 Å². The van der Waals surface area contributed by atoms with Crippen LogP contribution in [0.3, 0.4) is 0 Å². The van der Waals surface area contributed by atoms with Gasteiger partial charge in [-0.2, -0.15) is 10.2 Å². The van der Waals surface area contributed by atoms with Gasteiger partial charge in [0.15, 0.2) is 5.82 Å². The summed E-state index contributed by atoms with van der Waals surface area (Å²) < 4.78 is 0. The maximum Gasteiger partial charge on any atom is 0.258 e. The highest BCUT2D eigenvalue weighted by Crippen LogP contribution is 2.06. The number of rotatable bonds is 2. The number of hydrogen-bond donors (Lipinski definition) is 1. The van der Waals surface area contributed by atoms with Crippen LogP contribution in [0.25, 0.3) is 0 Å². The molecule has 0 bridgehead atoms. The predicted octanol–water partition coefficient (Wildman–Crippen LogP) is 1.17. The first-order valence-corrected chi connectivity index (χ1v) is 4.69. The molecule has 2 aromatic heterocycles. The molecule has 1 amide bonds. The second-order valence-corrected chi connectivity index (χ2v) is 3.20. The van der Waals surface area contributed by atoms with E-state index in [1.165, 1.54) is 24.8 Å². The van der Waals surface area contributed by atoms with Crippen molar-refractivity contribution in [3.63, 3.8) is 0 Å². The van der Waals surface area contributed by atoms with E-state index in [-0.39, 0.29) is 11.1 Å². The second kappa shape index (κ2) is 4.63. The third-order valence-electron chi connectivity index (χ3n) is 1.71. The van der Waals surface area contributed by atoms with Crippen molar-refractivity contribution in [3.8, 4) is 0 Å². The highest BCUT2D eigenvalue weighted by atomic mass is 35.5. The molecule has 0 aromatic carbocycles. The van der Waals surface area contributed by atoms with Crippen molar-refractivity contribution in [2.24, 2.45) is 0 Å². The summed E-state index contributed by atoms with van der Waals surface area (Å²) in [7, 11) is 0. The van der Waals surface area contributed by atoms with Crippen LogP contribution < -0.4 is 5.32 Å². The average molecular weight is 236 g/mol. The smallest absolute Gasteiger partial charge is 0.258 e. The van der Waals surface area contributed by atoms with Gasteiger partial charge in [-0.1, -0.05) is 11.6 Å². The second-order valence-electron chi connectivity index (χ2n) is 2.81. The first kappa shape index (κ1) is 10.4. The van der Waals surface area contributed by atoms with Gasteiger partial charge in [0.05, 0.1) is 30.4 Å². The molecule has 0 aliphatic rings. The minimum Gasteiger partial charge on any atom is -0.305 e.